The van der Waals surface area contributed by atoms with Gasteiger partial charge in [0.1, 0.15) is 5.75 Å². The number of sulfone groups is 1. The molecular formula is C12H16O4S. The summed E-state index contributed by atoms with van der Waals surface area (Å²) in [7, 11) is -3.31. The first kappa shape index (κ1) is 13.7. The summed E-state index contributed by atoms with van der Waals surface area (Å²) < 4.78 is 28.2. The Morgan fingerprint density at radius 3 is 2.29 bits per heavy atom. The highest BCUT2D eigenvalue weighted by Gasteiger charge is 2.15. The van der Waals surface area contributed by atoms with Gasteiger partial charge in [-0.2, -0.15) is 0 Å². The fraction of sp³-hybridized carbons (Fsp3) is 0.417. The summed E-state index contributed by atoms with van der Waals surface area (Å²) in [6, 6.07) is 4.32. The van der Waals surface area contributed by atoms with Crippen LogP contribution in [-0.2, 0) is 9.84 Å². The number of ketones is 1. The summed E-state index contributed by atoms with van der Waals surface area (Å²) in [5.74, 6) is 0.200. The van der Waals surface area contributed by atoms with Gasteiger partial charge in [-0.15, -0.1) is 0 Å². The molecule has 0 aromatic heterocycles. The molecule has 5 heteroatoms. The first-order valence-electron chi connectivity index (χ1n) is 5.23. The summed E-state index contributed by atoms with van der Waals surface area (Å²) in [5.41, 5.74) is 0.293. The van der Waals surface area contributed by atoms with Crippen LogP contribution in [0.4, 0.5) is 0 Å². The van der Waals surface area contributed by atoms with Gasteiger partial charge in [-0.3, -0.25) is 4.79 Å². The number of rotatable bonds is 4. The Balaban J connectivity index is 3.32. The van der Waals surface area contributed by atoms with E-state index in [0.717, 1.165) is 6.26 Å². The van der Waals surface area contributed by atoms with Gasteiger partial charge in [-0.1, -0.05) is 0 Å². The molecule has 0 fully saturated rings. The molecule has 1 rings (SSSR count). The summed E-state index contributed by atoms with van der Waals surface area (Å²) in [5, 5.41) is 0. The monoisotopic (exact) mass is 256 g/mol. The molecule has 0 saturated carbocycles. The van der Waals surface area contributed by atoms with Crippen LogP contribution in [-0.4, -0.2) is 26.6 Å². The summed E-state index contributed by atoms with van der Waals surface area (Å²) in [6.07, 6.45) is 1.03. The van der Waals surface area contributed by atoms with Gasteiger partial charge in [0.05, 0.1) is 16.6 Å². The number of carbonyl (C=O) groups is 1. The molecule has 17 heavy (non-hydrogen) atoms. The molecule has 0 spiro atoms. The Morgan fingerprint density at radius 2 is 1.88 bits per heavy atom. The highest BCUT2D eigenvalue weighted by Crippen LogP contribution is 2.24. The van der Waals surface area contributed by atoms with Crippen LogP contribution >= 0.6 is 0 Å². The van der Waals surface area contributed by atoms with E-state index in [4.69, 9.17) is 4.74 Å². The van der Waals surface area contributed by atoms with E-state index >= 15 is 0 Å². The maximum Gasteiger partial charge on any atom is 0.175 e. The smallest absolute Gasteiger partial charge is 0.175 e. The second-order valence-electron chi connectivity index (χ2n) is 4.15. The average molecular weight is 256 g/mol. The van der Waals surface area contributed by atoms with E-state index in [2.05, 4.69) is 0 Å². The number of carbonyl (C=O) groups excluding carboxylic acids is 1. The standard InChI is InChI=1S/C12H16O4S/c1-8(2)16-12-6-5-10(17(4,14)15)7-11(12)9(3)13/h5-8H,1-4H3. The van der Waals surface area contributed by atoms with Gasteiger partial charge in [0, 0.05) is 6.26 Å². The summed E-state index contributed by atoms with van der Waals surface area (Å²) in [6.45, 7) is 5.07. The van der Waals surface area contributed by atoms with E-state index in [1.165, 1.54) is 25.1 Å². The fourth-order valence-corrected chi connectivity index (χ4v) is 2.02. The van der Waals surface area contributed by atoms with Crippen molar-refractivity contribution in [3.05, 3.63) is 23.8 Å². The zero-order valence-corrected chi connectivity index (χ0v) is 11.2. The lowest BCUT2D eigenvalue weighted by atomic mass is 10.1. The quantitative estimate of drug-likeness (QED) is 0.774. The van der Waals surface area contributed by atoms with Gasteiger partial charge in [0.2, 0.25) is 0 Å². The van der Waals surface area contributed by atoms with E-state index < -0.39 is 9.84 Å². The minimum absolute atomic E-state index is 0.0721. The Kier molecular flexibility index (Phi) is 3.93. The van der Waals surface area contributed by atoms with Crippen LogP contribution < -0.4 is 4.74 Å². The number of benzene rings is 1. The van der Waals surface area contributed by atoms with Crippen molar-refractivity contribution in [1.29, 1.82) is 0 Å². The largest absolute Gasteiger partial charge is 0.490 e. The SMILES string of the molecule is CC(=O)c1cc(S(C)(=O)=O)ccc1OC(C)C. The van der Waals surface area contributed by atoms with Gasteiger partial charge >= 0.3 is 0 Å². The Labute approximate surface area is 102 Å². The van der Waals surface area contributed by atoms with Gasteiger partial charge in [0.15, 0.2) is 15.6 Å². The van der Waals surface area contributed by atoms with Crippen LogP contribution in [0, 0.1) is 0 Å². The zero-order chi connectivity index (χ0) is 13.2. The highest BCUT2D eigenvalue weighted by molar-refractivity contribution is 7.90. The molecule has 0 heterocycles. The zero-order valence-electron chi connectivity index (χ0n) is 10.4. The van der Waals surface area contributed by atoms with Gasteiger partial charge in [-0.05, 0) is 39.0 Å². The van der Waals surface area contributed by atoms with E-state index in [0.29, 0.717) is 11.3 Å². The van der Waals surface area contributed by atoms with Crippen LogP contribution in [0.1, 0.15) is 31.1 Å². The molecule has 0 aliphatic carbocycles. The topological polar surface area (TPSA) is 60.4 Å². The molecule has 1 aromatic rings. The van der Waals surface area contributed by atoms with Crippen molar-refractivity contribution in [2.75, 3.05) is 6.26 Å². The lowest BCUT2D eigenvalue weighted by molar-refractivity contribution is 0.101. The van der Waals surface area contributed by atoms with Crippen molar-refractivity contribution in [1.82, 2.24) is 0 Å². The predicted octanol–water partition coefficient (Wildman–Crippen LogP) is 2.08. The van der Waals surface area contributed by atoms with Crippen LogP contribution in [0.2, 0.25) is 0 Å². The molecule has 1 aromatic carbocycles. The molecule has 0 aliphatic heterocycles. The second kappa shape index (κ2) is 4.87. The average Bonchev–Trinajstić information content (AvgIpc) is 2.15. The predicted molar refractivity (Wildman–Crippen MR) is 65.3 cm³/mol. The van der Waals surface area contributed by atoms with E-state index in [1.807, 2.05) is 13.8 Å². The number of ether oxygens (including phenoxy) is 1. The van der Waals surface area contributed by atoms with Gasteiger partial charge in [0.25, 0.3) is 0 Å². The maximum absolute atomic E-state index is 11.5. The van der Waals surface area contributed by atoms with Crippen molar-refractivity contribution in [3.63, 3.8) is 0 Å². The summed E-state index contributed by atoms with van der Waals surface area (Å²) >= 11 is 0. The van der Waals surface area contributed by atoms with Crippen LogP contribution in [0.5, 0.6) is 5.75 Å². The summed E-state index contributed by atoms with van der Waals surface area (Å²) in [4.78, 5) is 11.6. The molecule has 0 saturated heterocycles. The Morgan fingerprint density at radius 1 is 1.29 bits per heavy atom. The third-order valence-electron chi connectivity index (χ3n) is 2.12. The minimum atomic E-state index is -3.31. The second-order valence-corrected chi connectivity index (χ2v) is 6.17. The van der Waals surface area contributed by atoms with Gasteiger partial charge in [-0.25, -0.2) is 8.42 Å². The molecule has 0 atom stereocenters. The molecular weight excluding hydrogens is 240 g/mol. The molecule has 0 radical (unpaired) electrons. The molecule has 0 aliphatic rings. The van der Waals surface area contributed by atoms with Crippen molar-refractivity contribution in [2.45, 2.75) is 31.8 Å². The molecule has 94 valence electrons. The lowest BCUT2D eigenvalue weighted by Gasteiger charge is -2.13. The minimum Gasteiger partial charge on any atom is -0.490 e. The first-order chi connectivity index (χ1) is 7.71. The van der Waals surface area contributed by atoms with Crippen molar-refractivity contribution >= 4 is 15.6 Å². The van der Waals surface area contributed by atoms with E-state index in [9.17, 15) is 13.2 Å². The third kappa shape index (κ3) is 3.56. The van der Waals surface area contributed by atoms with E-state index in [-0.39, 0.29) is 16.8 Å². The molecule has 0 N–H and O–H groups in total. The molecule has 0 amide bonds. The first-order valence-corrected chi connectivity index (χ1v) is 7.12. The molecule has 0 unspecified atom stereocenters. The van der Waals surface area contributed by atoms with Crippen molar-refractivity contribution < 1.29 is 17.9 Å². The van der Waals surface area contributed by atoms with Crippen molar-refractivity contribution in [2.24, 2.45) is 0 Å². The fourth-order valence-electron chi connectivity index (χ4n) is 1.37. The van der Waals surface area contributed by atoms with Crippen LogP contribution in [0.25, 0.3) is 0 Å². The van der Waals surface area contributed by atoms with Crippen LogP contribution in [0.15, 0.2) is 23.1 Å². The Hall–Kier alpha value is -1.36. The molecule has 0 bridgehead atoms. The molecule has 4 nitrogen and oxygen atoms in total. The highest BCUT2D eigenvalue weighted by atomic mass is 32.2. The normalized spacial score (nSPS) is 11.6. The van der Waals surface area contributed by atoms with E-state index in [1.54, 1.807) is 0 Å². The van der Waals surface area contributed by atoms with Gasteiger partial charge < -0.3 is 4.74 Å². The lowest BCUT2D eigenvalue weighted by Crippen LogP contribution is -2.10. The number of hydrogen-bond donors (Lipinski definition) is 0. The third-order valence-corrected chi connectivity index (χ3v) is 3.23. The Bertz CT molecular complexity index is 529. The van der Waals surface area contributed by atoms with Crippen molar-refractivity contribution in [3.8, 4) is 5.75 Å². The van der Waals surface area contributed by atoms with Crippen LogP contribution in [0.3, 0.4) is 0 Å². The number of Topliss-reactive ketones (excluding diaryl/α,β-unsaturated/α-hetero) is 1. The maximum atomic E-state index is 11.5. The number of hydrogen-bond acceptors (Lipinski definition) is 4.